The number of rotatable bonds is 4. The van der Waals surface area contributed by atoms with E-state index in [0.29, 0.717) is 0 Å². The lowest BCUT2D eigenvalue weighted by Crippen LogP contribution is -1.85. The van der Waals surface area contributed by atoms with Gasteiger partial charge in [0.15, 0.2) is 0 Å². The van der Waals surface area contributed by atoms with Crippen LogP contribution in [0.15, 0.2) is 24.3 Å². The van der Waals surface area contributed by atoms with Crippen LogP contribution < -0.4 is 0 Å². The Kier molecular flexibility index (Phi) is 4.16. The quantitative estimate of drug-likeness (QED) is 0.619. The molecule has 0 N–H and O–H groups in total. The Balaban J connectivity index is 2.41. The first-order valence-corrected chi connectivity index (χ1v) is 4.77. The summed E-state index contributed by atoms with van der Waals surface area (Å²) in [6.45, 7) is 2.19. The van der Waals surface area contributed by atoms with E-state index in [1.807, 2.05) is 18.2 Å². The number of halogens is 1. The average Bonchev–Trinajstić information content (AvgIpc) is 2.05. The van der Waals surface area contributed by atoms with Gasteiger partial charge in [0.05, 0.1) is 0 Å². The maximum Gasteiger partial charge on any atom is 0.0408 e. The summed E-state index contributed by atoms with van der Waals surface area (Å²) in [7, 11) is 0. The molecule has 0 amide bonds. The first-order chi connectivity index (χ1) is 5.83. The monoisotopic (exact) mass is 181 g/mol. The minimum Gasteiger partial charge on any atom is -0.0843 e. The van der Waals surface area contributed by atoms with Gasteiger partial charge in [0, 0.05) is 5.02 Å². The number of hydrogen-bond donors (Lipinski definition) is 0. The number of unbranched alkanes of at least 4 members (excludes halogenated alkanes) is 2. The Morgan fingerprint density at radius 1 is 1.42 bits per heavy atom. The highest BCUT2D eigenvalue weighted by Gasteiger charge is 1.93. The van der Waals surface area contributed by atoms with Crippen LogP contribution >= 0.6 is 11.6 Å². The predicted octanol–water partition coefficient (Wildman–Crippen LogP) is 3.89. The van der Waals surface area contributed by atoms with Crippen LogP contribution in [0.2, 0.25) is 5.02 Å². The third-order valence-electron chi connectivity index (χ3n) is 1.76. The average molecular weight is 182 g/mol. The molecule has 0 aliphatic carbocycles. The summed E-state index contributed by atoms with van der Waals surface area (Å²) in [6, 6.07) is 8.04. The van der Waals surface area contributed by atoms with Gasteiger partial charge in [-0.05, 0) is 30.5 Å². The van der Waals surface area contributed by atoms with Crippen molar-refractivity contribution in [3.63, 3.8) is 0 Å². The van der Waals surface area contributed by atoms with Crippen LogP contribution in [0.3, 0.4) is 0 Å². The molecule has 0 aliphatic rings. The zero-order valence-electron chi connectivity index (χ0n) is 7.39. The topological polar surface area (TPSA) is 0 Å². The molecule has 0 heterocycles. The number of benzene rings is 1. The molecule has 12 heavy (non-hydrogen) atoms. The SMILES string of the molecule is CCC[CH]Cc1cccc(Cl)c1. The van der Waals surface area contributed by atoms with Crippen molar-refractivity contribution in [2.75, 3.05) is 0 Å². The van der Waals surface area contributed by atoms with Gasteiger partial charge in [-0.15, -0.1) is 0 Å². The molecule has 1 aromatic carbocycles. The van der Waals surface area contributed by atoms with Gasteiger partial charge in [-0.3, -0.25) is 0 Å². The Morgan fingerprint density at radius 2 is 2.25 bits per heavy atom. The van der Waals surface area contributed by atoms with Gasteiger partial charge in [0.25, 0.3) is 0 Å². The van der Waals surface area contributed by atoms with Crippen LogP contribution in [-0.4, -0.2) is 0 Å². The first-order valence-electron chi connectivity index (χ1n) is 4.39. The van der Waals surface area contributed by atoms with Crippen molar-refractivity contribution in [3.8, 4) is 0 Å². The normalized spacial score (nSPS) is 10.2. The maximum atomic E-state index is 5.84. The Morgan fingerprint density at radius 3 is 2.92 bits per heavy atom. The van der Waals surface area contributed by atoms with Gasteiger partial charge in [-0.25, -0.2) is 0 Å². The van der Waals surface area contributed by atoms with Crippen molar-refractivity contribution < 1.29 is 0 Å². The zero-order chi connectivity index (χ0) is 8.81. The second kappa shape index (κ2) is 5.21. The summed E-state index contributed by atoms with van der Waals surface area (Å²) in [6.07, 6.45) is 5.74. The lowest BCUT2D eigenvalue weighted by molar-refractivity contribution is 0.864. The van der Waals surface area contributed by atoms with E-state index in [9.17, 15) is 0 Å². The molecule has 0 fully saturated rings. The summed E-state index contributed by atoms with van der Waals surface area (Å²) in [5, 5.41) is 0.831. The molecule has 0 aromatic heterocycles. The van der Waals surface area contributed by atoms with E-state index >= 15 is 0 Å². The molecule has 0 unspecified atom stereocenters. The molecule has 65 valence electrons. The Bertz CT molecular complexity index is 230. The fraction of sp³-hybridized carbons (Fsp3) is 0.364. The molecular weight excluding hydrogens is 168 g/mol. The highest BCUT2D eigenvalue weighted by molar-refractivity contribution is 6.30. The molecule has 0 bridgehead atoms. The van der Waals surface area contributed by atoms with E-state index < -0.39 is 0 Å². The standard InChI is InChI=1S/C11H14Cl/c1-2-3-4-6-10-7-5-8-11(12)9-10/h4-5,7-9H,2-3,6H2,1H3. The largest absolute Gasteiger partial charge is 0.0843 e. The molecule has 0 spiro atoms. The molecule has 1 heteroatoms. The second-order valence-corrected chi connectivity index (χ2v) is 3.35. The van der Waals surface area contributed by atoms with Crippen molar-refractivity contribution in [1.82, 2.24) is 0 Å². The Hall–Kier alpha value is -0.490. The van der Waals surface area contributed by atoms with Crippen LogP contribution in [0, 0.1) is 6.42 Å². The minimum absolute atomic E-state index is 0.831. The van der Waals surface area contributed by atoms with Crippen LogP contribution in [0.4, 0.5) is 0 Å². The van der Waals surface area contributed by atoms with Gasteiger partial charge in [0.1, 0.15) is 0 Å². The molecule has 1 radical (unpaired) electrons. The third kappa shape index (κ3) is 3.27. The van der Waals surface area contributed by atoms with Crippen molar-refractivity contribution in [2.45, 2.75) is 26.2 Å². The van der Waals surface area contributed by atoms with Gasteiger partial charge in [-0.1, -0.05) is 43.5 Å². The molecule has 1 aromatic rings. The summed E-state index contributed by atoms with van der Waals surface area (Å²) >= 11 is 5.84. The van der Waals surface area contributed by atoms with Crippen molar-refractivity contribution in [1.29, 1.82) is 0 Å². The van der Waals surface area contributed by atoms with E-state index in [1.165, 1.54) is 18.4 Å². The third-order valence-corrected chi connectivity index (χ3v) is 2.00. The highest BCUT2D eigenvalue weighted by Crippen LogP contribution is 2.12. The molecular formula is C11H14Cl. The summed E-state index contributed by atoms with van der Waals surface area (Å²) in [4.78, 5) is 0. The maximum absolute atomic E-state index is 5.84. The highest BCUT2D eigenvalue weighted by atomic mass is 35.5. The lowest BCUT2D eigenvalue weighted by Gasteiger charge is -1.99. The minimum atomic E-state index is 0.831. The van der Waals surface area contributed by atoms with Gasteiger partial charge < -0.3 is 0 Å². The van der Waals surface area contributed by atoms with E-state index in [1.54, 1.807) is 0 Å². The molecule has 0 nitrogen and oxygen atoms in total. The summed E-state index contributed by atoms with van der Waals surface area (Å²) in [5.74, 6) is 0. The van der Waals surface area contributed by atoms with Gasteiger partial charge >= 0.3 is 0 Å². The van der Waals surface area contributed by atoms with E-state index in [0.717, 1.165) is 11.4 Å². The first kappa shape index (κ1) is 9.60. The second-order valence-electron chi connectivity index (χ2n) is 2.91. The van der Waals surface area contributed by atoms with Crippen molar-refractivity contribution in [3.05, 3.63) is 41.3 Å². The van der Waals surface area contributed by atoms with Gasteiger partial charge in [0.2, 0.25) is 0 Å². The Labute approximate surface area is 79.6 Å². The van der Waals surface area contributed by atoms with E-state index in [4.69, 9.17) is 11.6 Å². The molecule has 0 aliphatic heterocycles. The van der Waals surface area contributed by atoms with Crippen molar-refractivity contribution in [2.24, 2.45) is 0 Å². The number of hydrogen-bond acceptors (Lipinski definition) is 0. The smallest absolute Gasteiger partial charge is 0.0408 e. The summed E-state index contributed by atoms with van der Waals surface area (Å²) < 4.78 is 0. The molecule has 0 saturated carbocycles. The fourth-order valence-electron chi connectivity index (χ4n) is 1.14. The zero-order valence-corrected chi connectivity index (χ0v) is 8.14. The summed E-state index contributed by atoms with van der Waals surface area (Å²) in [5.41, 5.74) is 1.30. The molecule has 0 saturated heterocycles. The van der Waals surface area contributed by atoms with Crippen LogP contribution in [-0.2, 0) is 6.42 Å². The molecule has 0 atom stereocenters. The van der Waals surface area contributed by atoms with E-state index in [-0.39, 0.29) is 0 Å². The fourth-order valence-corrected chi connectivity index (χ4v) is 1.35. The van der Waals surface area contributed by atoms with Crippen LogP contribution in [0.1, 0.15) is 25.3 Å². The van der Waals surface area contributed by atoms with Crippen LogP contribution in [0.5, 0.6) is 0 Å². The van der Waals surface area contributed by atoms with E-state index in [2.05, 4.69) is 19.4 Å². The molecule has 1 rings (SSSR count). The lowest BCUT2D eigenvalue weighted by atomic mass is 10.1. The predicted molar refractivity (Wildman–Crippen MR) is 54.4 cm³/mol. The van der Waals surface area contributed by atoms with Crippen LogP contribution in [0.25, 0.3) is 0 Å². The van der Waals surface area contributed by atoms with Gasteiger partial charge in [-0.2, -0.15) is 0 Å². The van der Waals surface area contributed by atoms with Crippen molar-refractivity contribution >= 4 is 11.6 Å².